The van der Waals surface area contributed by atoms with Gasteiger partial charge in [-0.05, 0) is 36.5 Å². The number of carbonyl (C=O) groups is 1. The predicted octanol–water partition coefficient (Wildman–Crippen LogP) is 2.57. The van der Waals surface area contributed by atoms with Gasteiger partial charge in [-0.2, -0.15) is 0 Å². The second-order valence-electron chi connectivity index (χ2n) is 5.72. The van der Waals surface area contributed by atoms with Gasteiger partial charge in [0.1, 0.15) is 0 Å². The van der Waals surface area contributed by atoms with E-state index in [1.807, 2.05) is 29.2 Å². The van der Waals surface area contributed by atoms with E-state index in [-0.39, 0.29) is 12.5 Å². The monoisotopic (exact) mass is 285 g/mol. The number of aliphatic hydroxyl groups excluding tert-OH is 1. The number of hydrogen-bond acceptors (Lipinski definition) is 2. The lowest BCUT2D eigenvalue weighted by Crippen LogP contribution is -2.29. The highest BCUT2D eigenvalue weighted by atomic mass is 16.2. The van der Waals surface area contributed by atoms with Gasteiger partial charge in [0.2, 0.25) is 5.91 Å². The summed E-state index contributed by atoms with van der Waals surface area (Å²) in [5.41, 5.74) is 2.09. The van der Waals surface area contributed by atoms with Crippen LogP contribution in [0.4, 0.5) is 0 Å². The van der Waals surface area contributed by atoms with Crippen LogP contribution in [-0.4, -0.2) is 29.1 Å². The number of carbonyl (C=O) groups excluding carboxylic acids is 1. The lowest BCUT2D eigenvalue weighted by molar-refractivity contribution is -0.131. The summed E-state index contributed by atoms with van der Waals surface area (Å²) < 4.78 is 0. The van der Waals surface area contributed by atoms with Crippen molar-refractivity contribution < 1.29 is 9.90 Å². The minimum atomic E-state index is 0.0978. The summed E-state index contributed by atoms with van der Waals surface area (Å²) >= 11 is 0. The summed E-state index contributed by atoms with van der Waals surface area (Å²) in [4.78, 5) is 14.1. The summed E-state index contributed by atoms with van der Waals surface area (Å²) in [5.74, 6) is 6.83. The van der Waals surface area contributed by atoms with Crippen molar-refractivity contribution in [1.82, 2.24) is 4.90 Å². The Morgan fingerprint density at radius 1 is 1.29 bits per heavy atom. The Kier molecular flexibility index (Phi) is 5.83. The van der Waals surface area contributed by atoms with Gasteiger partial charge in [-0.1, -0.05) is 30.9 Å². The van der Waals surface area contributed by atoms with E-state index >= 15 is 0 Å². The highest BCUT2D eigenvalue weighted by molar-refractivity contribution is 5.76. The predicted molar refractivity (Wildman–Crippen MR) is 83.5 cm³/mol. The third kappa shape index (κ3) is 4.91. The Morgan fingerprint density at radius 2 is 2.05 bits per heavy atom. The maximum Gasteiger partial charge on any atom is 0.222 e. The Balaban J connectivity index is 1.96. The molecule has 0 aromatic heterocycles. The Morgan fingerprint density at radius 3 is 2.76 bits per heavy atom. The topological polar surface area (TPSA) is 40.5 Å². The molecule has 1 aromatic carbocycles. The molecule has 21 heavy (non-hydrogen) atoms. The van der Waals surface area contributed by atoms with Crippen LogP contribution in [0.25, 0.3) is 0 Å². The smallest absolute Gasteiger partial charge is 0.222 e. The largest absolute Gasteiger partial charge is 0.395 e. The zero-order chi connectivity index (χ0) is 15.1. The minimum absolute atomic E-state index is 0.0978. The number of hydrogen-bond donors (Lipinski definition) is 1. The molecule has 1 N–H and O–H groups in total. The van der Waals surface area contributed by atoms with Crippen molar-refractivity contribution in [1.29, 1.82) is 0 Å². The van der Waals surface area contributed by atoms with Crippen molar-refractivity contribution in [2.24, 2.45) is 5.92 Å². The van der Waals surface area contributed by atoms with Crippen LogP contribution in [0.15, 0.2) is 24.3 Å². The summed E-state index contributed by atoms with van der Waals surface area (Å²) in [6.45, 7) is 3.87. The molecule has 1 aliphatic heterocycles. The van der Waals surface area contributed by atoms with E-state index in [2.05, 4.69) is 18.8 Å². The molecule has 1 fully saturated rings. The molecule has 1 aliphatic rings. The molecule has 0 radical (unpaired) electrons. The van der Waals surface area contributed by atoms with Gasteiger partial charge in [0.05, 0.1) is 6.61 Å². The fourth-order valence-corrected chi connectivity index (χ4v) is 2.47. The summed E-state index contributed by atoms with van der Waals surface area (Å²) in [7, 11) is 0. The van der Waals surface area contributed by atoms with Gasteiger partial charge in [0.15, 0.2) is 0 Å². The van der Waals surface area contributed by atoms with E-state index in [4.69, 9.17) is 5.11 Å². The Labute approximate surface area is 127 Å². The highest BCUT2D eigenvalue weighted by Gasteiger charge is 2.19. The maximum atomic E-state index is 12.1. The normalized spacial score (nSPS) is 18.9. The first kappa shape index (κ1) is 15.6. The molecule has 2 rings (SSSR count). The van der Waals surface area contributed by atoms with Gasteiger partial charge in [-0.15, -0.1) is 0 Å². The molecule has 3 nitrogen and oxygen atoms in total. The van der Waals surface area contributed by atoms with Gasteiger partial charge in [-0.3, -0.25) is 4.79 Å². The molecule has 0 saturated carbocycles. The summed E-state index contributed by atoms with van der Waals surface area (Å²) in [6, 6.07) is 8.02. The van der Waals surface area contributed by atoms with Gasteiger partial charge in [-0.25, -0.2) is 0 Å². The maximum absolute atomic E-state index is 12.1. The van der Waals surface area contributed by atoms with E-state index < -0.39 is 0 Å². The van der Waals surface area contributed by atoms with Crippen LogP contribution in [0, 0.1) is 17.8 Å². The SMILES string of the molecule is CC1CCC(=O)N(Cc2ccc(C#CCCO)cc2)CC1. The molecule has 1 aromatic rings. The van der Waals surface area contributed by atoms with Crippen LogP contribution in [0.3, 0.4) is 0 Å². The van der Waals surface area contributed by atoms with Crippen LogP contribution in [0.1, 0.15) is 43.7 Å². The van der Waals surface area contributed by atoms with E-state index in [9.17, 15) is 4.79 Å². The number of amides is 1. The van der Waals surface area contributed by atoms with Crippen molar-refractivity contribution in [3.8, 4) is 11.8 Å². The third-order valence-electron chi connectivity index (χ3n) is 3.89. The number of benzene rings is 1. The lowest BCUT2D eigenvalue weighted by Gasteiger charge is -2.20. The minimum Gasteiger partial charge on any atom is -0.395 e. The van der Waals surface area contributed by atoms with Gasteiger partial charge in [0, 0.05) is 31.5 Å². The number of nitrogens with zero attached hydrogens (tertiary/aromatic N) is 1. The molecule has 112 valence electrons. The van der Waals surface area contributed by atoms with Crippen LogP contribution in [0.5, 0.6) is 0 Å². The van der Waals surface area contributed by atoms with Crippen LogP contribution < -0.4 is 0 Å². The number of likely N-dealkylation sites (tertiary alicyclic amines) is 1. The lowest BCUT2D eigenvalue weighted by atomic mass is 10.0. The molecule has 1 amide bonds. The van der Waals surface area contributed by atoms with Crippen molar-refractivity contribution in [2.45, 2.75) is 39.2 Å². The van der Waals surface area contributed by atoms with Crippen LogP contribution >= 0.6 is 0 Å². The zero-order valence-corrected chi connectivity index (χ0v) is 12.6. The fourth-order valence-electron chi connectivity index (χ4n) is 2.47. The molecule has 1 saturated heterocycles. The van der Waals surface area contributed by atoms with Crippen LogP contribution in [-0.2, 0) is 11.3 Å². The molecule has 3 heteroatoms. The molecule has 1 atom stereocenters. The average Bonchev–Trinajstić information content (AvgIpc) is 2.65. The Bertz CT molecular complexity index is 524. The van der Waals surface area contributed by atoms with Crippen molar-refractivity contribution in [3.05, 3.63) is 35.4 Å². The number of aliphatic hydroxyl groups is 1. The van der Waals surface area contributed by atoms with E-state index in [1.165, 1.54) is 0 Å². The van der Waals surface area contributed by atoms with Gasteiger partial charge in [0.25, 0.3) is 0 Å². The number of rotatable bonds is 3. The van der Waals surface area contributed by atoms with Gasteiger partial charge < -0.3 is 10.0 Å². The van der Waals surface area contributed by atoms with Crippen molar-refractivity contribution in [2.75, 3.05) is 13.2 Å². The van der Waals surface area contributed by atoms with E-state index in [0.717, 1.165) is 30.5 Å². The van der Waals surface area contributed by atoms with Crippen molar-refractivity contribution >= 4 is 5.91 Å². The molecular formula is C18H23NO2. The summed E-state index contributed by atoms with van der Waals surface area (Å²) in [6.07, 6.45) is 3.28. The third-order valence-corrected chi connectivity index (χ3v) is 3.89. The van der Waals surface area contributed by atoms with E-state index in [0.29, 0.717) is 25.3 Å². The molecule has 1 unspecified atom stereocenters. The molecular weight excluding hydrogens is 262 g/mol. The fraction of sp³-hybridized carbons (Fsp3) is 0.500. The zero-order valence-electron chi connectivity index (χ0n) is 12.6. The van der Waals surface area contributed by atoms with Gasteiger partial charge >= 0.3 is 0 Å². The summed E-state index contributed by atoms with van der Waals surface area (Å²) in [5, 5.41) is 8.70. The Hall–Kier alpha value is -1.79. The molecule has 1 heterocycles. The first-order chi connectivity index (χ1) is 10.2. The second-order valence-corrected chi connectivity index (χ2v) is 5.72. The van der Waals surface area contributed by atoms with Crippen LogP contribution in [0.2, 0.25) is 0 Å². The molecule has 0 aliphatic carbocycles. The van der Waals surface area contributed by atoms with Crippen molar-refractivity contribution in [3.63, 3.8) is 0 Å². The standard InChI is InChI=1S/C18H23NO2/c1-15-5-10-18(21)19(12-11-15)14-17-8-6-16(7-9-17)4-2-3-13-20/h6-9,15,20H,3,5,10-14H2,1H3. The molecule has 0 spiro atoms. The first-order valence-electron chi connectivity index (χ1n) is 7.65. The highest BCUT2D eigenvalue weighted by Crippen LogP contribution is 2.19. The van der Waals surface area contributed by atoms with E-state index in [1.54, 1.807) is 0 Å². The molecule has 0 bridgehead atoms. The average molecular weight is 285 g/mol. The second kappa shape index (κ2) is 7.85. The quantitative estimate of drug-likeness (QED) is 0.867. The first-order valence-corrected chi connectivity index (χ1v) is 7.65.